The first kappa shape index (κ1) is 27.2. The molecule has 0 spiro atoms. The topological polar surface area (TPSA) is 105 Å². The number of H-pyrrole nitrogens is 1. The lowest BCUT2D eigenvalue weighted by Gasteiger charge is -2.11. The number of fused-ring (bicyclic) bond motifs is 1. The average molecular weight is 540 g/mol. The van der Waals surface area contributed by atoms with E-state index in [1.807, 2.05) is 44.3 Å². The van der Waals surface area contributed by atoms with Gasteiger partial charge in [0.2, 0.25) is 0 Å². The van der Waals surface area contributed by atoms with E-state index in [1.54, 1.807) is 17.9 Å². The summed E-state index contributed by atoms with van der Waals surface area (Å²) in [5.74, 6) is -0.123. The van der Waals surface area contributed by atoms with Gasteiger partial charge in [0.15, 0.2) is 0 Å². The van der Waals surface area contributed by atoms with E-state index in [0.29, 0.717) is 34.7 Å². The highest BCUT2D eigenvalue weighted by Crippen LogP contribution is 2.41. The Morgan fingerprint density at radius 2 is 1.74 bits per heavy atom. The number of rotatable bonds is 10. The number of benzene rings is 2. The Labute approximate surface area is 225 Å². The van der Waals surface area contributed by atoms with Gasteiger partial charge in [0.1, 0.15) is 11.4 Å². The van der Waals surface area contributed by atoms with Crippen LogP contribution in [0.25, 0.3) is 22.0 Å². The number of halogens is 1. The maximum atomic E-state index is 12.7. The van der Waals surface area contributed by atoms with Gasteiger partial charge in [-0.3, -0.25) is 9.48 Å². The van der Waals surface area contributed by atoms with Crippen LogP contribution in [-0.2, 0) is 45.7 Å². The van der Waals surface area contributed by atoms with Crippen molar-refractivity contribution in [3.8, 4) is 16.9 Å². The molecule has 0 saturated heterocycles. The monoisotopic (exact) mass is 539 g/mol. The van der Waals surface area contributed by atoms with Crippen LogP contribution >= 0.6 is 11.6 Å². The van der Waals surface area contributed by atoms with E-state index in [4.69, 9.17) is 30.5 Å². The van der Waals surface area contributed by atoms with Crippen molar-refractivity contribution in [3.05, 3.63) is 69.6 Å². The van der Waals surface area contributed by atoms with Crippen molar-refractivity contribution in [2.45, 2.75) is 33.0 Å². The van der Waals surface area contributed by atoms with E-state index < -0.39 is 5.97 Å². The van der Waals surface area contributed by atoms with Crippen LogP contribution in [0.5, 0.6) is 5.75 Å². The number of aromatic amines is 1. The number of esters is 2. The highest BCUT2D eigenvalue weighted by atomic mass is 35.5. The number of hydrogen-bond acceptors (Lipinski definition) is 7. The minimum Gasteiger partial charge on any atom is -0.497 e. The van der Waals surface area contributed by atoms with E-state index in [-0.39, 0.29) is 24.7 Å². The third-order valence-electron chi connectivity index (χ3n) is 6.49. The molecule has 2 aromatic carbocycles. The van der Waals surface area contributed by atoms with E-state index >= 15 is 0 Å². The van der Waals surface area contributed by atoms with Crippen molar-refractivity contribution in [2.24, 2.45) is 7.05 Å². The minimum absolute atomic E-state index is 0.113. The molecular weight excluding hydrogens is 510 g/mol. The lowest BCUT2D eigenvalue weighted by atomic mass is 9.98. The molecule has 0 unspecified atom stereocenters. The van der Waals surface area contributed by atoms with Gasteiger partial charge in [-0.15, -0.1) is 0 Å². The number of carbonyl (C=O) groups excluding carboxylic acids is 2. The van der Waals surface area contributed by atoms with Gasteiger partial charge in [-0.1, -0.05) is 29.8 Å². The van der Waals surface area contributed by atoms with Crippen LogP contribution in [-0.4, -0.2) is 48.0 Å². The predicted molar refractivity (Wildman–Crippen MR) is 143 cm³/mol. The largest absolute Gasteiger partial charge is 0.497 e. The molecule has 4 rings (SSSR count). The molecule has 10 heteroatoms. The van der Waals surface area contributed by atoms with Crippen LogP contribution in [0, 0.1) is 6.92 Å². The van der Waals surface area contributed by atoms with Gasteiger partial charge < -0.3 is 23.9 Å². The van der Waals surface area contributed by atoms with Crippen LogP contribution in [0.15, 0.2) is 36.4 Å². The Morgan fingerprint density at radius 1 is 1.00 bits per heavy atom. The number of nitrogens with one attached hydrogen (secondary N) is 1. The standard InChI is InChI=1S/C28H30ClN3O6/c1-16-24(22(32(2)31-16)15-38-14-17-6-8-18(35-3)9-7-17)25-21(29)12-10-19-20(11-13-23(33)36-4)27(28(34)37-5)30-26(19)25/h6-10,12,30H,11,13-15H2,1-5H3. The van der Waals surface area contributed by atoms with Crippen molar-refractivity contribution in [1.82, 2.24) is 14.8 Å². The van der Waals surface area contributed by atoms with Crippen LogP contribution in [0.2, 0.25) is 5.02 Å². The molecule has 200 valence electrons. The minimum atomic E-state index is -0.533. The Kier molecular flexibility index (Phi) is 8.38. The quantitative estimate of drug-likeness (QED) is 0.278. The fraction of sp³-hybridized carbons (Fsp3) is 0.321. The molecule has 2 heterocycles. The second kappa shape index (κ2) is 11.7. The SMILES string of the molecule is COC(=O)CCc1c(C(=O)OC)[nH]c2c(-c3c(C)nn(C)c3COCc3ccc(OC)cc3)c(Cl)ccc12. The molecule has 0 saturated carbocycles. The van der Waals surface area contributed by atoms with Crippen molar-refractivity contribution < 1.29 is 28.5 Å². The lowest BCUT2D eigenvalue weighted by Crippen LogP contribution is -2.07. The van der Waals surface area contributed by atoms with Crippen LogP contribution in [0.4, 0.5) is 0 Å². The zero-order valence-corrected chi connectivity index (χ0v) is 22.8. The first-order chi connectivity index (χ1) is 18.3. The molecule has 0 aliphatic rings. The van der Waals surface area contributed by atoms with Crippen molar-refractivity contribution in [2.75, 3.05) is 21.3 Å². The van der Waals surface area contributed by atoms with Crippen LogP contribution in [0.3, 0.4) is 0 Å². The van der Waals surface area contributed by atoms with Gasteiger partial charge in [0.25, 0.3) is 0 Å². The molecule has 0 aliphatic carbocycles. The van der Waals surface area contributed by atoms with Gasteiger partial charge in [-0.25, -0.2) is 4.79 Å². The van der Waals surface area contributed by atoms with Crippen LogP contribution < -0.4 is 4.74 Å². The van der Waals surface area contributed by atoms with Crippen LogP contribution in [0.1, 0.15) is 39.4 Å². The summed E-state index contributed by atoms with van der Waals surface area (Å²) in [6.07, 6.45) is 0.407. The van der Waals surface area contributed by atoms with Crippen molar-refractivity contribution >= 4 is 34.4 Å². The summed E-state index contributed by atoms with van der Waals surface area (Å²) in [5, 5.41) is 5.88. The fourth-order valence-corrected chi connectivity index (χ4v) is 4.84. The molecule has 0 radical (unpaired) electrons. The van der Waals surface area contributed by atoms with E-state index in [0.717, 1.165) is 33.7 Å². The Bertz CT molecular complexity index is 1470. The summed E-state index contributed by atoms with van der Waals surface area (Å²) in [4.78, 5) is 27.7. The van der Waals surface area contributed by atoms with Crippen molar-refractivity contribution in [1.29, 1.82) is 0 Å². The van der Waals surface area contributed by atoms with E-state index in [1.165, 1.54) is 14.2 Å². The third-order valence-corrected chi connectivity index (χ3v) is 6.80. The van der Waals surface area contributed by atoms with E-state index in [9.17, 15) is 9.59 Å². The molecule has 2 aromatic heterocycles. The van der Waals surface area contributed by atoms with E-state index in [2.05, 4.69) is 10.1 Å². The second-order valence-electron chi connectivity index (χ2n) is 8.76. The number of methoxy groups -OCH3 is 3. The van der Waals surface area contributed by atoms with Gasteiger partial charge in [-0.05, 0) is 42.7 Å². The first-order valence-electron chi connectivity index (χ1n) is 12.0. The first-order valence-corrected chi connectivity index (χ1v) is 12.4. The number of aryl methyl sites for hydroxylation is 3. The summed E-state index contributed by atoms with van der Waals surface area (Å²) in [5.41, 5.74) is 5.70. The maximum Gasteiger partial charge on any atom is 0.354 e. The molecule has 0 bridgehead atoms. The van der Waals surface area contributed by atoms with Gasteiger partial charge in [-0.2, -0.15) is 5.10 Å². The van der Waals surface area contributed by atoms with Crippen molar-refractivity contribution in [3.63, 3.8) is 0 Å². The average Bonchev–Trinajstić information content (AvgIpc) is 3.43. The smallest absolute Gasteiger partial charge is 0.354 e. The summed E-state index contributed by atoms with van der Waals surface area (Å²) in [6, 6.07) is 11.3. The molecule has 4 aromatic rings. The number of hydrogen-bond donors (Lipinski definition) is 1. The molecule has 0 fully saturated rings. The lowest BCUT2D eigenvalue weighted by molar-refractivity contribution is -0.140. The normalized spacial score (nSPS) is 11.1. The number of nitrogens with zero attached hydrogens (tertiary/aromatic N) is 2. The molecule has 0 amide bonds. The highest BCUT2D eigenvalue weighted by Gasteiger charge is 2.26. The molecule has 0 atom stereocenters. The maximum absolute atomic E-state index is 12.7. The third kappa shape index (κ3) is 5.39. The summed E-state index contributed by atoms with van der Waals surface area (Å²) in [7, 11) is 6.13. The molecular formula is C28H30ClN3O6. The number of carbonyl (C=O) groups is 2. The Morgan fingerprint density at radius 3 is 2.39 bits per heavy atom. The number of ether oxygens (including phenoxy) is 4. The number of aromatic nitrogens is 3. The van der Waals surface area contributed by atoms with Gasteiger partial charge >= 0.3 is 11.9 Å². The highest BCUT2D eigenvalue weighted by molar-refractivity contribution is 6.35. The zero-order valence-electron chi connectivity index (χ0n) is 22.0. The molecule has 9 nitrogen and oxygen atoms in total. The van der Waals surface area contributed by atoms with Gasteiger partial charge in [0.05, 0.1) is 56.5 Å². The molecule has 38 heavy (non-hydrogen) atoms. The zero-order chi connectivity index (χ0) is 27.4. The fourth-order valence-electron chi connectivity index (χ4n) is 4.59. The molecule has 0 aliphatic heterocycles. The summed E-state index contributed by atoms with van der Waals surface area (Å²) < 4.78 is 22.9. The summed E-state index contributed by atoms with van der Waals surface area (Å²) in [6.45, 7) is 2.59. The Hall–Kier alpha value is -3.82. The molecule has 1 N–H and O–H groups in total. The summed E-state index contributed by atoms with van der Waals surface area (Å²) >= 11 is 6.77. The second-order valence-corrected chi connectivity index (χ2v) is 9.17. The predicted octanol–water partition coefficient (Wildman–Crippen LogP) is 5.15. The Balaban J connectivity index is 1.75. The van der Waals surface area contributed by atoms with Gasteiger partial charge in [0, 0.05) is 30.0 Å².